The number of hydrogen-bond donors (Lipinski definition) is 1. The van der Waals surface area contributed by atoms with E-state index in [-0.39, 0.29) is 23.8 Å². The first-order chi connectivity index (χ1) is 11.0. The summed E-state index contributed by atoms with van der Waals surface area (Å²) in [5.74, 6) is -0.0605. The van der Waals surface area contributed by atoms with E-state index < -0.39 is 0 Å². The maximum Gasteiger partial charge on any atom is 0.253 e. The Morgan fingerprint density at radius 3 is 2.52 bits per heavy atom. The van der Waals surface area contributed by atoms with Crippen LogP contribution in [0.2, 0.25) is 5.02 Å². The van der Waals surface area contributed by atoms with Crippen LogP contribution in [-0.2, 0) is 4.79 Å². The summed E-state index contributed by atoms with van der Waals surface area (Å²) in [6.45, 7) is 5.35. The molecule has 0 aromatic heterocycles. The van der Waals surface area contributed by atoms with Crippen molar-refractivity contribution in [1.82, 2.24) is 10.2 Å². The summed E-state index contributed by atoms with van der Waals surface area (Å²) in [5.41, 5.74) is 0.621. The molecule has 1 aliphatic rings. The summed E-state index contributed by atoms with van der Waals surface area (Å²) in [6.07, 6.45) is 3.57. The first-order valence-corrected chi connectivity index (χ1v) is 8.78. The van der Waals surface area contributed by atoms with Crippen LogP contribution in [0.4, 0.5) is 0 Å². The van der Waals surface area contributed by atoms with Gasteiger partial charge in [0.05, 0.1) is 5.92 Å². The van der Waals surface area contributed by atoms with Crippen molar-refractivity contribution in [3.63, 3.8) is 0 Å². The molecule has 1 N–H and O–H groups in total. The lowest BCUT2D eigenvalue weighted by Gasteiger charge is -2.33. The van der Waals surface area contributed by atoms with E-state index in [4.69, 9.17) is 11.6 Å². The second kappa shape index (κ2) is 8.34. The average Bonchev–Trinajstić information content (AvgIpc) is 2.59. The van der Waals surface area contributed by atoms with Crippen molar-refractivity contribution in [2.45, 2.75) is 45.6 Å². The van der Waals surface area contributed by atoms with Gasteiger partial charge in [0.15, 0.2) is 0 Å². The summed E-state index contributed by atoms with van der Waals surface area (Å²) in [4.78, 5) is 26.8. The zero-order valence-corrected chi connectivity index (χ0v) is 14.6. The normalized spacial score (nSPS) is 18.1. The molecule has 5 heteroatoms. The summed E-state index contributed by atoms with van der Waals surface area (Å²) in [5, 5.41) is 3.71. The molecule has 0 saturated carbocycles. The monoisotopic (exact) mass is 336 g/mol. The van der Waals surface area contributed by atoms with Gasteiger partial charge in [0.25, 0.3) is 5.91 Å². The molecule has 4 nitrogen and oxygen atoms in total. The molecule has 2 rings (SSSR count). The van der Waals surface area contributed by atoms with E-state index in [1.54, 1.807) is 29.2 Å². The number of carbonyl (C=O) groups excluding carboxylic acids is 2. The van der Waals surface area contributed by atoms with Crippen LogP contribution in [0.5, 0.6) is 0 Å². The molecule has 1 saturated heterocycles. The molecule has 1 heterocycles. The predicted molar refractivity (Wildman–Crippen MR) is 92.6 cm³/mol. The first kappa shape index (κ1) is 17.8. The Kier molecular flexibility index (Phi) is 6.46. The molecule has 1 aliphatic heterocycles. The summed E-state index contributed by atoms with van der Waals surface area (Å²) >= 11 is 5.86. The van der Waals surface area contributed by atoms with E-state index in [1.165, 1.54) is 0 Å². The third kappa shape index (κ3) is 4.71. The van der Waals surface area contributed by atoms with Crippen molar-refractivity contribution in [3.05, 3.63) is 34.9 Å². The van der Waals surface area contributed by atoms with Gasteiger partial charge in [-0.1, -0.05) is 25.4 Å². The Hall–Kier alpha value is -1.55. The Labute approximate surface area is 143 Å². The van der Waals surface area contributed by atoms with Gasteiger partial charge in [0.2, 0.25) is 5.91 Å². The lowest BCUT2D eigenvalue weighted by Crippen LogP contribution is -2.47. The van der Waals surface area contributed by atoms with E-state index in [0.29, 0.717) is 23.7 Å². The van der Waals surface area contributed by atoms with Crippen LogP contribution in [0.3, 0.4) is 0 Å². The molecule has 1 aromatic rings. The lowest BCUT2D eigenvalue weighted by molar-refractivity contribution is -0.127. The third-order valence-corrected chi connectivity index (χ3v) is 4.75. The average molecular weight is 337 g/mol. The highest BCUT2D eigenvalue weighted by Gasteiger charge is 2.29. The van der Waals surface area contributed by atoms with E-state index in [1.807, 2.05) is 0 Å². The number of halogens is 1. The van der Waals surface area contributed by atoms with E-state index >= 15 is 0 Å². The highest BCUT2D eigenvalue weighted by Crippen LogP contribution is 2.20. The van der Waals surface area contributed by atoms with Crippen LogP contribution in [0.1, 0.15) is 49.9 Å². The fraction of sp³-hybridized carbons (Fsp3) is 0.556. The Bertz CT molecular complexity index is 540. The summed E-state index contributed by atoms with van der Waals surface area (Å²) < 4.78 is 0. The molecule has 0 bridgehead atoms. The minimum absolute atomic E-state index is 0.0262. The van der Waals surface area contributed by atoms with Crippen molar-refractivity contribution in [2.75, 3.05) is 13.1 Å². The number of rotatable bonds is 5. The maximum atomic E-state index is 12.6. The SMILES string of the molecule is CCC(CC)NC(=O)[C@H]1CCCN(C(=O)c2ccc(Cl)cc2)C1. The molecule has 1 aromatic carbocycles. The fourth-order valence-electron chi connectivity index (χ4n) is 2.96. The summed E-state index contributed by atoms with van der Waals surface area (Å²) in [6, 6.07) is 7.13. The highest BCUT2D eigenvalue weighted by molar-refractivity contribution is 6.30. The number of piperidine rings is 1. The van der Waals surface area contributed by atoms with Crippen LogP contribution in [0.25, 0.3) is 0 Å². The third-order valence-electron chi connectivity index (χ3n) is 4.50. The topological polar surface area (TPSA) is 49.4 Å². The lowest BCUT2D eigenvalue weighted by atomic mass is 9.95. The van der Waals surface area contributed by atoms with Crippen molar-refractivity contribution in [2.24, 2.45) is 5.92 Å². The van der Waals surface area contributed by atoms with Crippen LogP contribution in [0, 0.1) is 5.92 Å². The molecular weight excluding hydrogens is 312 g/mol. The molecular formula is C18H25ClN2O2. The van der Waals surface area contributed by atoms with Crippen LogP contribution >= 0.6 is 11.6 Å². The van der Waals surface area contributed by atoms with Gasteiger partial charge in [-0.25, -0.2) is 0 Å². The van der Waals surface area contributed by atoms with E-state index in [0.717, 1.165) is 25.7 Å². The fourth-order valence-corrected chi connectivity index (χ4v) is 3.09. The van der Waals surface area contributed by atoms with E-state index in [2.05, 4.69) is 19.2 Å². The van der Waals surface area contributed by atoms with Gasteiger partial charge in [-0.3, -0.25) is 9.59 Å². The second-order valence-electron chi connectivity index (χ2n) is 6.12. The van der Waals surface area contributed by atoms with Crippen LogP contribution in [0.15, 0.2) is 24.3 Å². The molecule has 0 unspecified atom stereocenters. The number of carbonyl (C=O) groups is 2. The van der Waals surface area contributed by atoms with Gasteiger partial charge in [0.1, 0.15) is 0 Å². The molecule has 0 aliphatic carbocycles. The largest absolute Gasteiger partial charge is 0.353 e. The highest BCUT2D eigenvalue weighted by atomic mass is 35.5. The quantitative estimate of drug-likeness (QED) is 0.894. The van der Waals surface area contributed by atoms with Crippen LogP contribution < -0.4 is 5.32 Å². The standard InChI is InChI=1S/C18H25ClN2O2/c1-3-16(4-2)20-17(22)14-6-5-11-21(12-14)18(23)13-7-9-15(19)10-8-13/h7-10,14,16H,3-6,11-12H2,1-2H3,(H,20,22)/t14-/m0/s1. The number of nitrogens with one attached hydrogen (secondary N) is 1. The maximum absolute atomic E-state index is 12.6. The van der Waals surface area contributed by atoms with Crippen molar-refractivity contribution < 1.29 is 9.59 Å². The number of nitrogens with zero attached hydrogens (tertiary/aromatic N) is 1. The van der Waals surface area contributed by atoms with Gasteiger partial charge < -0.3 is 10.2 Å². The van der Waals surface area contributed by atoms with Crippen LogP contribution in [-0.4, -0.2) is 35.8 Å². The van der Waals surface area contributed by atoms with Crippen molar-refractivity contribution in [3.8, 4) is 0 Å². The Morgan fingerprint density at radius 2 is 1.91 bits per heavy atom. The number of benzene rings is 1. The molecule has 2 amide bonds. The second-order valence-corrected chi connectivity index (χ2v) is 6.56. The smallest absolute Gasteiger partial charge is 0.253 e. The van der Waals surface area contributed by atoms with E-state index in [9.17, 15) is 9.59 Å². The first-order valence-electron chi connectivity index (χ1n) is 8.40. The number of hydrogen-bond acceptors (Lipinski definition) is 2. The number of amides is 2. The molecule has 126 valence electrons. The number of likely N-dealkylation sites (tertiary alicyclic amines) is 1. The van der Waals surface area contributed by atoms with Gasteiger partial charge >= 0.3 is 0 Å². The Balaban J connectivity index is 1.98. The molecule has 1 atom stereocenters. The molecule has 0 spiro atoms. The van der Waals surface area contributed by atoms with Gasteiger partial charge in [-0.15, -0.1) is 0 Å². The van der Waals surface area contributed by atoms with Gasteiger partial charge in [-0.2, -0.15) is 0 Å². The predicted octanol–water partition coefficient (Wildman–Crippen LogP) is 3.50. The van der Waals surface area contributed by atoms with Crippen molar-refractivity contribution >= 4 is 23.4 Å². The minimum atomic E-state index is -0.111. The molecule has 1 fully saturated rings. The van der Waals surface area contributed by atoms with Crippen molar-refractivity contribution in [1.29, 1.82) is 0 Å². The summed E-state index contributed by atoms with van der Waals surface area (Å²) in [7, 11) is 0. The molecule has 23 heavy (non-hydrogen) atoms. The van der Waals surface area contributed by atoms with Gasteiger partial charge in [0, 0.05) is 29.7 Å². The Morgan fingerprint density at radius 1 is 1.26 bits per heavy atom. The zero-order chi connectivity index (χ0) is 16.8. The zero-order valence-electron chi connectivity index (χ0n) is 13.8. The van der Waals surface area contributed by atoms with Gasteiger partial charge in [-0.05, 0) is 49.9 Å². The minimum Gasteiger partial charge on any atom is -0.353 e. The molecule has 0 radical (unpaired) electrons.